The van der Waals surface area contributed by atoms with E-state index in [4.69, 9.17) is 27.7 Å². The van der Waals surface area contributed by atoms with Gasteiger partial charge >= 0.3 is 0 Å². The molecule has 1 aliphatic rings. The summed E-state index contributed by atoms with van der Waals surface area (Å²) in [4.78, 5) is 4.46. The van der Waals surface area contributed by atoms with Crippen molar-refractivity contribution >= 4 is 23.2 Å². The number of nitrogens with one attached hydrogen (secondary N) is 1. The van der Waals surface area contributed by atoms with Gasteiger partial charge in [0, 0.05) is 22.0 Å². The molecule has 4 nitrogen and oxygen atoms in total. The Bertz CT molecular complexity index is 640. The normalized spacial score (nSPS) is 17.7. The molecule has 1 aromatic heterocycles. The first kappa shape index (κ1) is 14.8. The van der Waals surface area contributed by atoms with Crippen molar-refractivity contribution in [3.63, 3.8) is 0 Å². The third-order valence-electron chi connectivity index (χ3n) is 3.70. The first-order chi connectivity index (χ1) is 10.0. The maximum atomic E-state index is 6.23. The van der Waals surface area contributed by atoms with E-state index in [9.17, 15) is 0 Å². The minimum atomic E-state index is -0.0354. The number of benzene rings is 1. The molecule has 1 fully saturated rings. The summed E-state index contributed by atoms with van der Waals surface area (Å²) in [7, 11) is 0. The number of halogens is 2. The zero-order chi connectivity index (χ0) is 15.0. The molecule has 0 unspecified atom stereocenters. The van der Waals surface area contributed by atoms with Crippen molar-refractivity contribution in [2.45, 2.75) is 44.7 Å². The van der Waals surface area contributed by atoms with Crippen molar-refractivity contribution in [2.75, 3.05) is 0 Å². The van der Waals surface area contributed by atoms with Crippen LogP contribution in [-0.4, -0.2) is 10.1 Å². The molecule has 0 aliphatic heterocycles. The number of nitrogens with zero attached hydrogens (tertiary/aromatic N) is 2. The minimum absolute atomic E-state index is 0.0354. The molecule has 1 aromatic carbocycles. The molecular formula is C15H17Cl2N3O. The lowest BCUT2D eigenvalue weighted by atomic mass is 10.1. The van der Waals surface area contributed by atoms with Crippen molar-refractivity contribution in [3.8, 4) is 0 Å². The lowest BCUT2D eigenvalue weighted by molar-refractivity contribution is 0.325. The molecular weight excluding hydrogens is 309 g/mol. The van der Waals surface area contributed by atoms with Crippen LogP contribution in [0.3, 0.4) is 0 Å². The van der Waals surface area contributed by atoms with Crippen LogP contribution in [0, 0.1) is 0 Å². The monoisotopic (exact) mass is 325 g/mol. The zero-order valence-electron chi connectivity index (χ0n) is 11.9. The summed E-state index contributed by atoms with van der Waals surface area (Å²) in [5.41, 5.74) is 0.995. The predicted molar refractivity (Wildman–Crippen MR) is 82.7 cm³/mol. The third-order valence-corrected chi connectivity index (χ3v) is 4.26. The Morgan fingerprint density at radius 1 is 1.24 bits per heavy atom. The zero-order valence-corrected chi connectivity index (χ0v) is 13.4. The fraction of sp³-hybridized carbons (Fsp3) is 0.467. The van der Waals surface area contributed by atoms with Crippen LogP contribution in [0.15, 0.2) is 22.7 Å². The first-order valence-corrected chi connectivity index (χ1v) is 7.84. The van der Waals surface area contributed by atoms with Crippen LogP contribution in [0.25, 0.3) is 0 Å². The second-order valence-electron chi connectivity index (χ2n) is 5.54. The van der Waals surface area contributed by atoms with Gasteiger partial charge in [-0.2, -0.15) is 4.98 Å². The first-order valence-electron chi connectivity index (χ1n) is 7.09. The Labute approximate surface area is 133 Å². The lowest BCUT2D eigenvalue weighted by Crippen LogP contribution is -2.23. The molecule has 1 heterocycles. The molecule has 21 heavy (non-hydrogen) atoms. The van der Waals surface area contributed by atoms with Gasteiger partial charge in [0.2, 0.25) is 5.89 Å². The second kappa shape index (κ2) is 5.95. The Morgan fingerprint density at radius 3 is 2.67 bits per heavy atom. The topological polar surface area (TPSA) is 51.0 Å². The van der Waals surface area contributed by atoms with Gasteiger partial charge in [-0.3, -0.25) is 5.32 Å². The summed E-state index contributed by atoms with van der Waals surface area (Å²) >= 11 is 12.2. The summed E-state index contributed by atoms with van der Waals surface area (Å²) in [5, 5.41) is 8.75. The molecule has 0 amide bonds. The predicted octanol–water partition coefficient (Wildman–Crippen LogP) is 4.67. The summed E-state index contributed by atoms with van der Waals surface area (Å²) in [6.45, 7) is 4.05. The van der Waals surface area contributed by atoms with Crippen LogP contribution >= 0.6 is 23.2 Å². The highest BCUT2D eigenvalue weighted by Crippen LogP contribution is 2.38. The van der Waals surface area contributed by atoms with E-state index in [1.54, 1.807) is 6.07 Å². The second-order valence-corrected chi connectivity index (χ2v) is 6.38. The summed E-state index contributed by atoms with van der Waals surface area (Å²) < 4.78 is 5.34. The smallest absolute Gasteiger partial charge is 0.243 e. The quantitative estimate of drug-likeness (QED) is 0.868. The highest BCUT2D eigenvalue weighted by atomic mass is 35.5. The Kier molecular flexibility index (Phi) is 4.20. The van der Waals surface area contributed by atoms with Crippen molar-refractivity contribution in [1.29, 1.82) is 0 Å². The molecule has 0 spiro atoms. The molecule has 1 saturated carbocycles. The van der Waals surface area contributed by atoms with Gasteiger partial charge in [0.05, 0.1) is 6.04 Å². The Balaban J connectivity index is 1.69. The van der Waals surface area contributed by atoms with Gasteiger partial charge in [0.1, 0.15) is 0 Å². The van der Waals surface area contributed by atoms with E-state index in [-0.39, 0.29) is 12.1 Å². The van der Waals surface area contributed by atoms with Crippen molar-refractivity contribution < 1.29 is 4.52 Å². The van der Waals surface area contributed by atoms with Gasteiger partial charge < -0.3 is 4.52 Å². The fourth-order valence-electron chi connectivity index (χ4n) is 2.32. The van der Waals surface area contributed by atoms with E-state index in [0.717, 1.165) is 24.2 Å². The standard InChI is InChI=1S/C15H17Cl2N3O/c1-8(12-6-5-11(16)7-13(12)17)18-9(2)15-19-14(20-21-15)10-3-4-10/h5-10,18H,3-4H2,1-2H3/t8-,9-/m1/s1. The largest absolute Gasteiger partial charge is 0.338 e. The number of rotatable bonds is 5. The van der Waals surface area contributed by atoms with Crippen LogP contribution in [0.4, 0.5) is 0 Å². The van der Waals surface area contributed by atoms with Gasteiger partial charge in [-0.05, 0) is 44.4 Å². The van der Waals surface area contributed by atoms with Crippen LogP contribution in [0.5, 0.6) is 0 Å². The summed E-state index contributed by atoms with van der Waals surface area (Å²) in [5.74, 6) is 1.95. The average molecular weight is 326 g/mol. The van der Waals surface area contributed by atoms with E-state index in [1.807, 2.05) is 26.0 Å². The average Bonchev–Trinajstić information content (AvgIpc) is 3.16. The molecule has 0 saturated heterocycles. The molecule has 6 heteroatoms. The molecule has 1 aliphatic carbocycles. The Morgan fingerprint density at radius 2 is 2.00 bits per heavy atom. The lowest BCUT2D eigenvalue weighted by Gasteiger charge is -2.19. The van der Waals surface area contributed by atoms with E-state index in [1.165, 1.54) is 0 Å². The highest BCUT2D eigenvalue weighted by Gasteiger charge is 2.29. The third kappa shape index (κ3) is 3.39. The van der Waals surface area contributed by atoms with Crippen molar-refractivity contribution in [3.05, 3.63) is 45.5 Å². The van der Waals surface area contributed by atoms with E-state index < -0.39 is 0 Å². The molecule has 0 radical (unpaired) electrons. The van der Waals surface area contributed by atoms with Gasteiger partial charge in [0.25, 0.3) is 0 Å². The molecule has 1 N–H and O–H groups in total. The van der Waals surface area contributed by atoms with E-state index in [2.05, 4.69) is 15.5 Å². The number of aromatic nitrogens is 2. The van der Waals surface area contributed by atoms with Crippen LogP contribution < -0.4 is 5.32 Å². The Hall–Kier alpha value is -1.10. The van der Waals surface area contributed by atoms with E-state index in [0.29, 0.717) is 21.9 Å². The van der Waals surface area contributed by atoms with Crippen LogP contribution in [-0.2, 0) is 0 Å². The van der Waals surface area contributed by atoms with Gasteiger partial charge in [-0.25, -0.2) is 0 Å². The van der Waals surface area contributed by atoms with Crippen molar-refractivity contribution in [2.24, 2.45) is 0 Å². The molecule has 2 aromatic rings. The molecule has 3 rings (SSSR count). The van der Waals surface area contributed by atoms with Crippen molar-refractivity contribution in [1.82, 2.24) is 15.5 Å². The molecule has 112 valence electrons. The molecule has 2 atom stereocenters. The summed E-state index contributed by atoms with van der Waals surface area (Å²) in [6, 6.07) is 5.54. The maximum Gasteiger partial charge on any atom is 0.243 e. The van der Waals surface area contributed by atoms with Gasteiger partial charge in [0.15, 0.2) is 5.82 Å². The van der Waals surface area contributed by atoms with E-state index >= 15 is 0 Å². The number of hydrogen-bond acceptors (Lipinski definition) is 4. The van der Waals surface area contributed by atoms with Gasteiger partial charge in [-0.15, -0.1) is 0 Å². The number of hydrogen-bond donors (Lipinski definition) is 1. The minimum Gasteiger partial charge on any atom is -0.338 e. The SMILES string of the molecule is C[C@@H](N[C@H](C)c1ccc(Cl)cc1Cl)c1nc(C2CC2)no1. The van der Waals surface area contributed by atoms with Gasteiger partial charge in [-0.1, -0.05) is 34.4 Å². The van der Waals surface area contributed by atoms with Crippen LogP contribution in [0.2, 0.25) is 10.0 Å². The molecule has 0 bridgehead atoms. The van der Waals surface area contributed by atoms with Crippen LogP contribution in [0.1, 0.15) is 62.0 Å². The summed E-state index contributed by atoms with van der Waals surface area (Å²) in [6.07, 6.45) is 2.33. The highest BCUT2D eigenvalue weighted by molar-refractivity contribution is 6.35. The maximum absolute atomic E-state index is 6.23. The fourth-order valence-corrected chi connectivity index (χ4v) is 2.89.